The van der Waals surface area contributed by atoms with Crippen LogP contribution in [0.1, 0.15) is 28.0 Å². The van der Waals surface area contributed by atoms with Crippen LogP contribution in [-0.4, -0.2) is 24.4 Å². The van der Waals surface area contributed by atoms with Gasteiger partial charge < -0.3 is 5.32 Å². The van der Waals surface area contributed by atoms with Gasteiger partial charge in [0.2, 0.25) is 5.91 Å². The Balaban J connectivity index is 1.62. The number of likely N-dealkylation sites (N-methyl/N-ethyl adjacent to an activating group) is 1. The molecular formula is C18H18ClN3OS. The molecule has 0 unspecified atom stereocenters. The maximum absolute atomic E-state index is 12.3. The quantitative estimate of drug-likeness (QED) is 0.882. The highest BCUT2D eigenvalue weighted by Gasteiger charge is 2.23. The van der Waals surface area contributed by atoms with E-state index in [0.717, 1.165) is 30.4 Å². The molecule has 1 amide bonds. The van der Waals surface area contributed by atoms with Crippen molar-refractivity contribution in [3.63, 3.8) is 0 Å². The number of anilines is 1. The van der Waals surface area contributed by atoms with Crippen LogP contribution in [-0.2, 0) is 24.2 Å². The Bertz CT molecular complexity index is 809. The molecule has 0 aliphatic heterocycles. The number of carbonyl (C=O) groups is 1. The number of aryl methyl sites for hydroxylation is 1. The molecule has 3 rings (SSSR count). The lowest BCUT2D eigenvalue weighted by Crippen LogP contribution is -2.29. The molecular weight excluding hydrogens is 342 g/mol. The number of nitrogens with zero attached hydrogens (tertiary/aromatic N) is 2. The van der Waals surface area contributed by atoms with Gasteiger partial charge >= 0.3 is 0 Å². The second-order valence-corrected chi connectivity index (χ2v) is 7.50. The lowest BCUT2D eigenvalue weighted by atomic mass is 10.1. The maximum Gasteiger partial charge on any atom is 0.239 e. The monoisotopic (exact) mass is 359 g/mol. The third-order valence-electron chi connectivity index (χ3n) is 4.10. The van der Waals surface area contributed by atoms with Gasteiger partial charge in [0, 0.05) is 16.4 Å². The van der Waals surface area contributed by atoms with E-state index in [1.807, 2.05) is 36.2 Å². The average molecular weight is 360 g/mol. The Morgan fingerprint density at radius 2 is 2.21 bits per heavy atom. The number of amides is 1. The third kappa shape index (κ3) is 3.62. The Kier molecular flexibility index (Phi) is 5.20. The van der Waals surface area contributed by atoms with Gasteiger partial charge in [-0.05, 0) is 43.5 Å². The van der Waals surface area contributed by atoms with Gasteiger partial charge in [-0.3, -0.25) is 9.69 Å². The molecule has 4 nitrogen and oxygen atoms in total. The summed E-state index contributed by atoms with van der Waals surface area (Å²) in [6.45, 7) is 0.845. The fourth-order valence-electron chi connectivity index (χ4n) is 3.00. The summed E-state index contributed by atoms with van der Waals surface area (Å²) in [6, 6.07) is 9.86. The predicted molar refractivity (Wildman–Crippen MR) is 97.5 cm³/mol. The van der Waals surface area contributed by atoms with Crippen LogP contribution in [0, 0.1) is 11.3 Å². The summed E-state index contributed by atoms with van der Waals surface area (Å²) in [5.41, 5.74) is 2.76. The SMILES string of the molecule is CN(CC(=O)Nc1sc2c(c1C#N)CCC2)Cc1ccccc1Cl. The van der Waals surface area contributed by atoms with Crippen molar-refractivity contribution in [2.45, 2.75) is 25.8 Å². The van der Waals surface area contributed by atoms with Crippen molar-refractivity contribution >= 4 is 33.8 Å². The molecule has 0 saturated heterocycles. The Hall–Kier alpha value is -1.87. The van der Waals surface area contributed by atoms with E-state index in [2.05, 4.69) is 11.4 Å². The molecule has 124 valence electrons. The number of carbonyl (C=O) groups excluding carboxylic acids is 1. The van der Waals surface area contributed by atoms with Crippen LogP contribution < -0.4 is 5.32 Å². The summed E-state index contributed by atoms with van der Waals surface area (Å²) in [7, 11) is 1.88. The van der Waals surface area contributed by atoms with E-state index in [1.165, 1.54) is 4.88 Å². The Labute approximate surface area is 150 Å². The standard InChI is InChI=1S/C18H18ClN3OS/c1-22(10-12-5-2-3-7-15(12)19)11-17(23)21-18-14(9-20)13-6-4-8-16(13)24-18/h2-3,5,7H,4,6,8,10-11H2,1H3,(H,21,23). The summed E-state index contributed by atoms with van der Waals surface area (Å²) in [5.74, 6) is -0.110. The van der Waals surface area contributed by atoms with E-state index in [1.54, 1.807) is 11.3 Å². The molecule has 1 aliphatic carbocycles. The normalized spacial score (nSPS) is 12.9. The van der Waals surface area contributed by atoms with Crippen molar-refractivity contribution in [3.05, 3.63) is 50.9 Å². The number of benzene rings is 1. The number of halogens is 1. The van der Waals surface area contributed by atoms with Crippen LogP contribution in [0.15, 0.2) is 24.3 Å². The van der Waals surface area contributed by atoms with Gasteiger partial charge in [0.25, 0.3) is 0 Å². The minimum absolute atomic E-state index is 0.110. The van der Waals surface area contributed by atoms with Crippen molar-refractivity contribution in [1.82, 2.24) is 4.90 Å². The molecule has 1 heterocycles. The minimum atomic E-state index is -0.110. The Morgan fingerprint density at radius 3 is 2.96 bits per heavy atom. The number of rotatable bonds is 5. The molecule has 0 fully saturated rings. The molecule has 0 radical (unpaired) electrons. The minimum Gasteiger partial charge on any atom is -0.315 e. The van der Waals surface area contributed by atoms with Crippen LogP contribution in [0.2, 0.25) is 5.02 Å². The molecule has 1 N–H and O–H groups in total. The molecule has 1 aromatic carbocycles. The average Bonchev–Trinajstić information content (AvgIpc) is 3.09. The number of hydrogen-bond acceptors (Lipinski definition) is 4. The van der Waals surface area contributed by atoms with Crippen LogP contribution in [0.3, 0.4) is 0 Å². The molecule has 2 aromatic rings. The van der Waals surface area contributed by atoms with Crippen LogP contribution in [0.4, 0.5) is 5.00 Å². The first kappa shape index (κ1) is 17.0. The topological polar surface area (TPSA) is 56.1 Å². The highest BCUT2D eigenvalue weighted by atomic mass is 35.5. The number of nitrogens with one attached hydrogen (secondary N) is 1. The molecule has 24 heavy (non-hydrogen) atoms. The zero-order chi connectivity index (χ0) is 17.1. The van der Waals surface area contributed by atoms with Crippen LogP contribution in [0.25, 0.3) is 0 Å². The fourth-order valence-corrected chi connectivity index (χ4v) is 4.45. The largest absolute Gasteiger partial charge is 0.315 e. The zero-order valence-corrected chi connectivity index (χ0v) is 15.0. The predicted octanol–water partition coefficient (Wildman–Crippen LogP) is 3.83. The molecule has 0 bridgehead atoms. The molecule has 6 heteroatoms. The van der Waals surface area contributed by atoms with Gasteiger partial charge in [0.1, 0.15) is 11.1 Å². The number of nitriles is 1. The van der Waals surface area contributed by atoms with Gasteiger partial charge in [-0.2, -0.15) is 5.26 Å². The van der Waals surface area contributed by atoms with Gasteiger partial charge in [0.15, 0.2) is 0 Å². The van der Waals surface area contributed by atoms with Crippen molar-refractivity contribution in [2.24, 2.45) is 0 Å². The van der Waals surface area contributed by atoms with Crippen molar-refractivity contribution in [3.8, 4) is 6.07 Å². The summed E-state index contributed by atoms with van der Waals surface area (Å²) in [4.78, 5) is 15.5. The molecule has 0 saturated carbocycles. The van der Waals surface area contributed by atoms with E-state index < -0.39 is 0 Å². The van der Waals surface area contributed by atoms with Crippen LogP contribution in [0.5, 0.6) is 0 Å². The van der Waals surface area contributed by atoms with Crippen molar-refractivity contribution in [1.29, 1.82) is 5.26 Å². The van der Waals surface area contributed by atoms with Gasteiger partial charge in [-0.25, -0.2) is 0 Å². The molecule has 0 spiro atoms. The second kappa shape index (κ2) is 7.35. The van der Waals surface area contributed by atoms with Crippen LogP contribution >= 0.6 is 22.9 Å². The van der Waals surface area contributed by atoms with Gasteiger partial charge in [-0.15, -0.1) is 11.3 Å². The molecule has 1 aromatic heterocycles. The van der Waals surface area contributed by atoms with E-state index in [9.17, 15) is 10.1 Å². The summed E-state index contributed by atoms with van der Waals surface area (Å²) in [5, 5.41) is 13.7. The lowest BCUT2D eigenvalue weighted by molar-refractivity contribution is -0.117. The first-order valence-corrected chi connectivity index (χ1v) is 9.04. The second-order valence-electron chi connectivity index (χ2n) is 5.99. The first-order chi connectivity index (χ1) is 11.6. The number of thiophene rings is 1. The maximum atomic E-state index is 12.3. The summed E-state index contributed by atoms with van der Waals surface area (Å²) < 4.78 is 0. The first-order valence-electron chi connectivity index (χ1n) is 7.85. The third-order valence-corrected chi connectivity index (χ3v) is 5.67. The van der Waals surface area contributed by atoms with E-state index in [0.29, 0.717) is 22.1 Å². The number of hydrogen-bond donors (Lipinski definition) is 1. The fraction of sp³-hybridized carbons (Fsp3) is 0.333. The van der Waals surface area contributed by atoms with Crippen molar-refractivity contribution < 1.29 is 4.79 Å². The number of fused-ring (bicyclic) bond motifs is 1. The summed E-state index contributed by atoms with van der Waals surface area (Å²) >= 11 is 7.70. The highest BCUT2D eigenvalue weighted by molar-refractivity contribution is 7.16. The van der Waals surface area contributed by atoms with Crippen molar-refractivity contribution in [2.75, 3.05) is 18.9 Å². The Morgan fingerprint density at radius 1 is 1.42 bits per heavy atom. The van der Waals surface area contributed by atoms with Gasteiger partial charge in [0.05, 0.1) is 12.1 Å². The highest BCUT2D eigenvalue weighted by Crippen LogP contribution is 2.38. The molecule has 1 aliphatic rings. The smallest absolute Gasteiger partial charge is 0.239 e. The van der Waals surface area contributed by atoms with E-state index >= 15 is 0 Å². The lowest BCUT2D eigenvalue weighted by Gasteiger charge is -2.17. The van der Waals surface area contributed by atoms with E-state index in [4.69, 9.17) is 11.6 Å². The molecule has 0 atom stereocenters. The summed E-state index contributed by atoms with van der Waals surface area (Å²) in [6.07, 6.45) is 3.05. The zero-order valence-electron chi connectivity index (χ0n) is 13.4. The van der Waals surface area contributed by atoms with E-state index in [-0.39, 0.29) is 12.5 Å². The van der Waals surface area contributed by atoms with Gasteiger partial charge in [-0.1, -0.05) is 29.8 Å².